The summed E-state index contributed by atoms with van der Waals surface area (Å²) in [6.07, 6.45) is 3.30. The Morgan fingerprint density at radius 1 is 1.33 bits per heavy atom. The molecule has 5 heteroatoms. The fraction of sp³-hybridized carbons (Fsp3) is 0.375. The zero-order valence-electron chi connectivity index (χ0n) is 12.4. The molecule has 0 aliphatic rings. The lowest BCUT2D eigenvalue weighted by molar-refractivity contribution is 0.199. The summed E-state index contributed by atoms with van der Waals surface area (Å²) in [5, 5.41) is 3.25. The van der Waals surface area contributed by atoms with E-state index in [2.05, 4.69) is 5.32 Å². The smallest absolute Gasteiger partial charge is 0.146 e. The molecule has 0 unspecified atom stereocenters. The number of furan rings is 1. The Bertz CT molecular complexity index is 543. The number of methoxy groups -OCH3 is 1. The predicted molar refractivity (Wildman–Crippen MR) is 80.8 cm³/mol. The summed E-state index contributed by atoms with van der Waals surface area (Å²) in [4.78, 5) is 1.90. The highest BCUT2D eigenvalue weighted by molar-refractivity contribution is 5.54. The van der Waals surface area contributed by atoms with Gasteiger partial charge in [0.25, 0.3) is 0 Å². The SMILES string of the molecule is COCCNCc1cccc(F)c1N(C)Cc1ccoc1. The van der Waals surface area contributed by atoms with E-state index in [4.69, 9.17) is 9.15 Å². The maximum Gasteiger partial charge on any atom is 0.146 e. The zero-order valence-corrected chi connectivity index (χ0v) is 12.4. The number of para-hydroxylation sites is 1. The third kappa shape index (κ3) is 4.31. The van der Waals surface area contributed by atoms with Gasteiger partial charge in [-0.1, -0.05) is 12.1 Å². The van der Waals surface area contributed by atoms with Crippen LogP contribution in [0.5, 0.6) is 0 Å². The van der Waals surface area contributed by atoms with Gasteiger partial charge in [0.15, 0.2) is 0 Å². The number of benzene rings is 1. The molecule has 4 nitrogen and oxygen atoms in total. The second-order valence-corrected chi connectivity index (χ2v) is 4.90. The maximum absolute atomic E-state index is 14.2. The summed E-state index contributed by atoms with van der Waals surface area (Å²) >= 11 is 0. The summed E-state index contributed by atoms with van der Waals surface area (Å²) in [7, 11) is 3.54. The molecular weight excluding hydrogens is 271 g/mol. The van der Waals surface area contributed by atoms with E-state index in [9.17, 15) is 4.39 Å². The molecule has 1 N–H and O–H groups in total. The normalized spacial score (nSPS) is 10.8. The predicted octanol–water partition coefficient (Wildman–Crippen LogP) is 2.79. The summed E-state index contributed by atoms with van der Waals surface area (Å²) in [5.74, 6) is -0.216. The molecule has 0 atom stereocenters. The van der Waals surface area contributed by atoms with E-state index in [1.807, 2.05) is 24.1 Å². The molecule has 0 bridgehead atoms. The van der Waals surface area contributed by atoms with Crippen LogP contribution >= 0.6 is 0 Å². The van der Waals surface area contributed by atoms with Crippen LogP contribution in [0.1, 0.15) is 11.1 Å². The van der Waals surface area contributed by atoms with Gasteiger partial charge in [-0.15, -0.1) is 0 Å². The van der Waals surface area contributed by atoms with E-state index < -0.39 is 0 Å². The number of hydrogen-bond acceptors (Lipinski definition) is 4. The Labute approximate surface area is 124 Å². The molecule has 0 saturated heterocycles. The molecule has 21 heavy (non-hydrogen) atoms. The molecule has 114 valence electrons. The first-order valence-corrected chi connectivity index (χ1v) is 6.91. The second kappa shape index (κ2) is 7.81. The van der Waals surface area contributed by atoms with Gasteiger partial charge in [-0.05, 0) is 17.7 Å². The van der Waals surface area contributed by atoms with Crippen LogP contribution < -0.4 is 10.2 Å². The van der Waals surface area contributed by atoms with Gasteiger partial charge in [0, 0.05) is 39.4 Å². The van der Waals surface area contributed by atoms with Crippen molar-refractivity contribution in [2.75, 3.05) is 32.2 Å². The maximum atomic E-state index is 14.2. The largest absolute Gasteiger partial charge is 0.472 e. The van der Waals surface area contributed by atoms with Crippen molar-refractivity contribution in [1.82, 2.24) is 5.32 Å². The number of halogens is 1. The quantitative estimate of drug-likeness (QED) is 0.759. The Hall–Kier alpha value is -1.85. The lowest BCUT2D eigenvalue weighted by atomic mass is 10.1. The molecule has 0 radical (unpaired) electrons. The fourth-order valence-corrected chi connectivity index (χ4v) is 2.26. The van der Waals surface area contributed by atoms with Gasteiger partial charge < -0.3 is 19.4 Å². The molecule has 0 spiro atoms. The third-order valence-electron chi connectivity index (χ3n) is 3.25. The van der Waals surface area contributed by atoms with Gasteiger partial charge in [-0.3, -0.25) is 0 Å². The highest BCUT2D eigenvalue weighted by atomic mass is 19.1. The Morgan fingerprint density at radius 3 is 2.90 bits per heavy atom. The van der Waals surface area contributed by atoms with Crippen molar-refractivity contribution in [2.45, 2.75) is 13.1 Å². The lowest BCUT2D eigenvalue weighted by Crippen LogP contribution is -2.23. The van der Waals surface area contributed by atoms with Crippen LogP contribution in [0.3, 0.4) is 0 Å². The van der Waals surface area contributed by atoms with Gasteiger partial charge in [0.1, 0.15) is 5.82 Å². The van der Waals surface area contributed by atoms with Gasteiger partial charge in [-0.2, -0.15) is 0 Å². The topological polar surface area (TPSA) is 37.6 Å². The number of nitrogens with zero attached hydrogens (tertiary/aromatic N) is 1. The molecule has 1 aromatic carbocycles. The third-order valence-corrected chi connectivity index (χ3v) is 3.25. The molecule has 0 saturated carbocycles. The van der Waals surface area contributed by atoms with Crippen molar-refractivity contribution in [1.29, 1.82) is 0 Å². The minimum Gasteiger partial charge on any atom is -0.472 e. The van der Waals surface area contributed by atoms with Crippen molar-refractivity contribution in [3.8, 4) is 0 Å². The molecular formula is C16H21FN2O2. The second-order valence-electron chi connectivity index (χ2n) is 4.90. The van der Waals surface area contributed by atoms with E-state index in [0.29, 0.717) is 25.4 Å². The minimum atomic E-state index is -0.216. The van der Waals surface area contributed by atoms with E-state index in [-0.39, 0.29) is 5.82 Å². The van der Waals surface area contributed by atoms with Crippen LogP contribution in [0, 0.1) is 5.82 Å². The molecule has 1 heterocycles. The van der Waals surface area contributed by atoms with E-state index in [0.717, 1.165) is 17.7 Å². The average Bonchev–Trinajstić information content (AvgIpc) is 2.96. The first kappa shape index (κ1) is 15.5. The number of anilines is 1. The highest BCUT2D eigenvalue weighted by Crippen LogP contribution is 2.25. The highest BCUT2D eigenvalue weighted by Gasteiger charge is 2.13. The van der Waals surface area contributed by atoms with Crippen molar-refractivity contribution >= 4 is 5.69 Å². The van der Waals surface area contributed by atoms with Crippen LogP contribution in [0.4, 0.5) is 10.1 Å². The Morgan fingerprint density at radius 2 is 2.19 bits per heavy atom. The molecule has 2 rings (SSSR count). The summed E-state index contributed by atoms with van der Waals surface area (Å²) < 4.78 is 24.2. The molecule has 0 aliphatic heterocycles. The fourth-order valence-electron chi connectivity index (χ4n) is 2.26. The van der Waals surface area contributed by atoms with Crippen LogP contribution in [-0.2, 0) is 17.8 Å². The Kier molecular flexibility index (Phi) is 5.78. The molecule has 0 aliphatic carbocycles. The zero-order chi connectivity index (χ0) is 15.1. The lowest BCUT2D eigenvalue weighted by Gasteiger charge is -2.22. The number of nitrogens with one attached hydrogen (secondary N) is 1. The summed E-state index contributed by atoms with van der Waals surface area (Å²) in [6.45, 7) is 2.57. The molecule has 1 aromatic heterocycles. The number of hydrogen-bond donors (Lipinski definition) is 1. The number of rotatable bonds is 8. The first-order chi connectivity index (χ1) is 10.2. The van der Waals surface area contributed by atoms with E-state index in [1.54, 1.807) is 25.7 Å². The number of ether oxygens (including phenoxy) is 1. The van der Waals surface area contributed by atoms with Crippen molar-refractivity contribution in [3.63, 3.8) is 0 Å². The Balaban J connectivity index is 2.09. The van der Waals surface area contributed by atoms with Crippen LogP contribution in [0.15, 0.2) is 41.2 Å². The summed E-state index contributed by atoms with van der Waals surface area (Å²) in [6, 6.07) is 7.04. The molecule has 2 aromatic rings. The monoisotopic (exact) mass is 292 g/mol. The first-order valence-electron chi connectivity index (χ1n) is 6.91. The van der Waals surface area contributed by atoms with Crippen LogP contribution in [0.2, 0.25) is 0 Å². The van der Waals surface area contributed by atoms with E-state index >= 15 is 0 Å². The van der Waals surface area contributed by atoms with Crippen molar-refractivity contribution < 1.29 is 13.5 Å². The van der Waals surface area contributed by atoms with Gasteiger partial charge in [0.05, 0.1) is 24.8 Å². The van der Waals surface area contributed by atoms with Crippen molar-refractivity contribution in [2.24, 2.45) is 0 Å². The van der Waals surface area contributed by atoms with Gasteiger partial charge in [0.2, 0.25) is 0 Å². The molecule has 0 fully saturated rings. The molecule has 0 amide bonds. The average molecular weight is 292 g/mol. The van der Waals surface area contributed by atoms with Crippen LogP contribution in [-0.4, -0.2) is 27.3 Å². The minimum absolute atomic E-state index is 0.216. The summed E-state index contributed by atoms with van der Waals surface area (Å²) in [5.41, 5.74) is 2.56. The standard InChI is InChI=1S/C16H21FN2O2/c1-19(11-13-6-8-21-12-13)16-14(4-3-5-15(16)17)10-18-7-9-20-2/h3-6,8,12,18H,7,9-11H2,1-2H3. The van der Waals surface area contributed by atoms with E-state index in [1.165, 1.54) is 6.07 Å². The van der Waals surface area contributed by atoms with Crippen LogP contribution in [0.25, 0.3) is 0 Å². The van der Waals surface area contributed by atoms with Gasteiger partial charge in [-0.25, -0.2) is 4.39 Å². The van der Waals surface area contributed by atoms with Gasteiger partial charge >= 0.3 is 0 Å². The van der Waals surface area contributed by atoms with Crippen molar-refractivity contribution in [3.05, 3.63) is 53.7 Å².